The van der Waals surface area contributed by atoms with Gasteiger partial charge in [-0.05, 0) is 24.3 Å². The van der Waals surface area contributed by atoms with Gasteiger partial charge in [0, 0.05) is 43.4 Å². The Hall–Kier alpha value is -1.23. The lowest BCUT2D eigenvalue weighted by Gasteiger charge is -2.30. The van der Waals surface area contributed by atoms with Crippen molar-refractivity contribution in [3.63, 3.8) is 0 Å². The number of ether oxygens (including phenoxy) is 1. The van der Waals surface area contributed by atoms with E-state index in [9.17, 15) is 0 Å². The fraction of sp³-hybridized carbons (Fsp3) is 0.526. The molecular formula is C19H26N2OS. The van der Waals surface area contributed by atoms with Crippen molar-refractivity contribution < 1.29 is 4.74 Å². The second-order valence-corrected chi connectivity index (χ2v) is 7.73. The molecule has 1 aromatic carbocycles. The van der Waals surface area contributed by atoms with Gasteiger partial charge in [-0.3, -0.25) is 4.90 Å². The Morgan fingerprint density at radius 3 is 2.52 bits per heavy atom. The summed E-state index contributed by atoms with van der Waals surface area (Å²) in [5, 5.41) is 1.13. The van der Waals surface area contributed by atoms with Gasteiger partial charge in [0.25, 0.3) is 0 Å². The predicted molar refractivity (Wildman–Crippen MR) is 96.9 cm³/mol. The monoisotopic (exact) mass is 330 g/mol. The van der Waals surface area contributed by atoms with Gasteiger partial charge in [0.15, 0.2) is 0 Å². The molecule has 0 unspecified atom stereocenters. The van der Waals surface area contributed by atoms with Gasteiger partial charge in [-0.25, -0.2) is 4.98 Å². The van der Waals surface area contributed by atoms with Gasteiger partial charge in [0.1, 0.15) is 5.01 Å². The summed E-state index contributed by atoms with van der Waals surface area (Å²) < 4.78 is 5.44. The van der Waals surface area contributed by atoms with E-state index in [1.54, 1.807) is 0 Å². The fourth-order valence-electron chi connectivity index (χ4n) is 3.05. The molecule has 4 heteroatoms. The van der Waals surface area contributed by atoms with E-state index in [4.69, 9.17) is 4.74 Å². The first-order valence-electron chi connectivity index (χ1n) is 8.46. The van der Waals surface area contributed by atoms with Crippen LogP contribution < -0.4 is 0 Å². The summed E-state index contributed by atoms with van der Waals surface area (Å²) in [5.74, 6) is 0.575. The molecule has 23 heavy (non-hydrogen) atoms. The molecule has 3 rings (SSSR count). The van der Waals surface area contributed by atoms with E-state index in [1.165, 1.54) is 16.0 Å². The van der Waals surface area contributed by atoms with Gasteiger partial charge in [0.05, 0.1) is 6.10 Å². The van der Waals surface area contributed by atoms with Crippen LogP contribution in [0.3, 0.4) is 0 Å². The molecule has 0 N–H and O–H groups in total. The Kier molecular flexibility index (Phi) is 5.46. The molecule has 0 atom stereocenters. The van der Waals surface area contributed by atoms with Crippen molar-refractivity contribution in [2.45, 2.75) is 45.3 Å². The first-order valence-corrected chi connectivity index (χ1v) is 9.27. The van der Waals surface area contributed by atoms with Crippen molar-refractivity contribution in [2.75, 3.05) is 20.2 Å². The normalized spacial score (nSPS) is 17.0. The maximum absolute atomic E-state index is 5.44. The van der Waals surface area contributed by atoms with Crippen LogP contribution in [0.15, 0.2) is 30.5 Å². The van der Waals surface area contributed by atoms with E-state index in [-0.39, 0.29) is 0 Å². The van der Waals surface area contributed by atoms with E-state index >= 15 is 0 Å². The SMILES string of the molecule is COC1CCN(Cc2cnc(-c3ccc(C(C)C)cc3)s2)CC1. The minimum absolute atomic E-state index is 0.447. The number of rotatable bonds is 5. The average Bonchev–Trinajstić information content (AvgIpc) is 3.04. The molecule has 1 fully saturated rings. The van der Waals surface area contributed by atoms with E-state index in [2.05, 4.69) is 48.0 Å². The molecule has 0 amide bonds. The molecule has 1 aliphatic heterocycles. The third-order valence-electron chi connectivity index (χ3n) is 4.63. The Labute approximate surface area is 143 Å². The lowest BCUT2D eigenvalue weighted by molar-refractivity contribution is 0.0391. The summed E-state index contributed by atoms with van der Waals surface area (Å²) in [6, 6.07) is 8.83. The van der Waals surface area contributed by atoms with Crippen LogP contribution >= 0.6 is 11.3 Å². The molecule has 0 saturated carbocycles. The van der Waals surface area contributed by atoms with E-state index in [0.717, 1.165) is 37.5 Å². The van der Waals surface area contributed by atoms with Gasteiger partial charge in [0.2, 0.25) is 0 Å². The van der Waals surface area contributed by atoms with Crippen molar-refractivity contribution in [1.29, 1.82) is 0 Å². The van der Waals surface area contributed by atoms with Gasteiger partial charge in [-0.15, -0.1) is 11.3 Å². The smallest absolute Gasteiger partial charge is 0.123 e. The highest BCUT2D eigenvalue weighted by atomic mass is 32.1. The highest BCUT2D eigenvalue weighted by Crippen LogP contribution is 2.28. The van der Waals surface area contributed by atoms with Crippen molar-refractivity contribution in [2.24, 2.45) is 0 Å². The van der Waals surface area contributed by atoms with Crippen LogP contribution in [-0.2, 0) is 11.3 Å². The molecule has 0 aliphatic carbocycles. The minimum Gasteiger partial charge on any atom is -0.381 e. The first kappa shape index (κ1) is 16.6. The lowest BCUT2D eigenvalue weighted by Crippen LogP contribution is -2.35. The number of hydrogen-bond acceptors (Lipinski definition) is 4. The molecule has 0 spiro atoms. The summed E-state index contributed by atoms with van der Waals surface area (Å²) in [7, 11) is 1.82. The summed E-state index contributed by atoms with van der Waals surface area (Å²) in [4.78, 5) is 8.48. The third kappa shape index (κ3) is 4.19. The fourth-order valence-corrected chi connectivity index (χ4v) is 4.01. The minimum atomic E-state index is 0.447. The zero-order valence-electron chi connectivity index (χ0n) is 14.3. The quantitative estimate of drug-likeness (QED) is 0.804. The van der Waals surface area contributed by atoms with Gasteiger partial charge in [-0.1, -0.05) is 38.1 Å². The number of nitrogens with zero attached hydrogens (tertiary/aromatic N) is 2. The van der Waals surface area contributed by atoms with Crippen molar-refractivity contribution in [1.82, 2.24) is 9.88 Å². The highest BCUT2D eigenvalue weighted by molar-refractivity contribution is 7.15. The molecule has 0 radical (unpaired) electrons. The van der Waals surface area contributed by atoms with Crippen LogP contribution in [0.2, 0.25) is 0 Å². The number of methoxy groups -OCH3 is 1. The summed E-state index contributed by atoms with van der Waals surface area (Å²) >= 11 is 1.82. The Morgan fingerprint density at radius 2 is 1.91 bits per heavy atom. The van der Waals surface area contributed by atoms with Crippen LogP contribution in [0.5, 0.6) is 0 Å². The average molecular weight is 330 g/mol. The van der Waals surface area contributed by atoms with Crippen LogP contribution in [0.1, 0.15) is 43.0 Å². The van der Waals surface area contributed by atoms with E-state index < -0.39 is 0 Å². The van der Waals surface area contributed by atoms with Crippen LogP contribution in [-0.4, -0.2) is 36.2 Å². The Balaban J connectivity index is 1.62. The number of aromatic nitrogens is 1. The second-order valence-electron chi connectivity index (χ2n) is 6.62. The maximum atomic E-state index is 5.44. The summed E-state index contributed by atoms with van der Waals surface area (Å²) in [6.07, 6.45) is 4.76. The lowest BCUT2D eigenvalue weighted by atomic mass is 10.0. The molecule has 1 saturated heterocycles. The summed E-state index contributed by atoms with van der Waals surface area (Å²) in [6.45, 7) is 7.70. The van der Waals surface area contributed by atoms with Gasteiger partial charge in [-0.2, -0.15) is 0 Å². The van der Waals surface area contributed by atoms with Crippen molar-refractivity contribution >= 4 is 11.3 Å². The van der Waals surface area contributed by atoms with Crippen LogP contribution in [0.25, 0.3) is 10.6 Å². The zero-order valence-corrected chi connectivity index (χ0v) is 15.1. The van der Waals surface area contributed by atoms with Crippen LogP contribution in [0.4, 0.5) is 0 Å². The largest absolute Gasteiger partial charge is 0.381 e. The molecule has 1 aliphatic rings. The molecule has 2 aromatic rings. The first-order chi connectivity index (χ1) is 11.2. The Bertz CT molecular complexity index is 613. The van der Waals surface area contributed by atoms with Crippen molar-refractivity contribution in [3.05, 3.63) is 40.9 Å². The molecule has 124 valence electrons. The van der Waals surface area contributed by atoms with Gasteiger partial charge >= 0.3 is 0 Å². The number of piperidine rings is 1. The number of hydrogen-bond donors (Lipinski definition) is 0. The van der Waals surface area contributed by atoms with Crippen LogP contribution in [0, 0.1) is 0 Å². The third-order valence-corrected chi connectivity index (χ3v) is 5.66. The maximum Gasteiger partial charge on any atom is 0.123 e. The van der Waals surface area contributed by atoms with Crippen molar-refractivity contribution in [3.8, 4) is 10.6 Å². The molecule has 2 heterocycles. The van der Waals surface area contributed by atoms with E-state index in [1.807, 2.05) is 24.6 Å². The number of benzene rings is 1. The molecule has 1 aromatic heterocycles. The Morgan fingerprint density at radius 1 is 1.22 bits per heavy atom. The molecule has 3 nitrogen and oxygen atoms in total. The van der Waals surface area contributed by atoms with Gasteiger partial charge < -0.3 is 4.74 Å². The highest BCUT2D eigenvalue weighted by Gasteiger charge is 2.19. The number of likely N-dealkylation sites (tertiary alicyclic amines) is 1. The topological polar surface area (TPSA) is 25.4 Å². The number of thiazole rings is 1. The predicted octanol–water partition coefficient (Wildman–Crippen LogP) is 4.54. The van der Waals surface area contributed by atoms with E-state index in [0.29, 0.717) is 12.0 Å². The summed E-state index contributed by atoms with van der Waals surface area (Å²) in [5.41, 5.74) is 2.61. The molecule has 0 bridgehead atoms. The molecular weight excluding hydrogens is 304 g/mol. The standard InChI is InChI=1S/C19H26N2OS/c1-14(2)15-4-6-16(7-5-15)19-20-12-18(23-19)13-21-10-8-17(22-3)9-11-21/h4-7,12,14,17H,8-11,13H2,1-3H3. The second kappa shape index (κ2) is 7.56. The zero-order chi connectivity index (χ0) is 16.2.